The number of hydrogen-bond acceptors (Lipinski definition) is 4. The number of esters is 1. The molecule has 0 unspecified atom stereocenters. The van der Waals surface area contributed by atoms with Crippen molar-refractivity contribution in [2.24, 2.45) is 0 Å². The highest BCUT2D eigenvalue weighted by Gasteiger charge is 2.25. The van der Waals surface area contributed by atoms with Crippen LogP contribution in [0.5, 0.6) is 5.75 Å². The molecule has 4 nitrogen and oxygen atoms in total. The van der Waals surface area contributed by atoms with Gasteiger partial charge < -0.3 is 9.47 Å². The van der Waals surface area contributed by atoms with Gasteiger partial charge in [0.1, 0.15) is 5.75 Å². The van der Waals surface area contributed by atoms with Crippen LogP contribution < -0.4 is 4.74 Å². The topological polar surface area (TPSA) is 52.6 Å². The third-order valence-electron chi connectivity index (χ3n) is 4.57. The summed E-state index contributed by atoms with van der Waals surface area (Å²) in [6.45, 7) is 3.11. The van der Waals surface area contributed by atoms with E-state index < -0.39 is 18.2 Å². The van der Waals surface area contributed by atoms with Gasteiger partial charge in [-0.25, -0.2) is 4.79 Å². The van der Waals surface area contributed by atoms with Gasteiger partial charge in [-0.2, -0.15) is 0 Å². The number of carbonyl (C=O) groups is 2. The fraction of sp³-hybridized carbons (Fsp3) is 0.333. The Morgan fingerprint density at radius 2 is 1.70 bits per heavy atom. The quantitative estimate of drug-likeness (QED) is 0.496. The van der Waals surface area contributed by atoms with E-state index in [1.165, 1.54) is 17.2 Å². The number of carbonyl (C=O) groups excluding carboxylic acids is 2. The van der Waals surface area contributed by atoms with Crippen molar-refractivity contribution < 1.29 is 19.1 Å². The van der Waals surface area contributed by atoms with Crippen LogP contribution in [0.15, 0.2) is 36.4 Å². The van der Waals surface area contributed by atoms with Gasteiger partial charge in [-0.3, -0.25) is 4.79 Å². The summed E-state index contributed by atoms with van der Waals surface area (Å²) in [7, 11) is 0. The van der Waals surface area contributed by atoms with Crippen molar-refractivity contribution >= 4 is 35.0 Å². The van der Waals surface area contributed by atoms with Gasteiger partial charge in [0.15, 0.2) is 12.2 Å². The van der Waals surface area contributed by atoms with Gasteiger partial charge in [-0.15, -0.1) is 0 Å². The second kappa shape index (κ2) is 8.32. The molecule has 1 aliphatic rings. The fourth-order valence-corrected chi connectivity index (χ4v) is 3.55. The van der Waals surface area contributed by atoms with E-state index in [0.717, 1.165) is 19.3 Å². The number of aryl methyl sites for hydroxylation is 2. The number of halogens is 2. The summed E-state index contributed by atoms with van der Waals surface area (Å²) >= 11 is 11.9. The maximum Gasteiger partial charge on any atom is 0.347 e. The maximum atomic E-state index is 12.6. The van der Waals surface area contributed by atoms with Crippen LogP contribution in [-0.4, -0.2) is 24.0 Å². The summed E-state index contributed by atoms with van der Waals surface area (Å²) in [4.78, 5) is 24.9. The van der Waals surface area contributed by atoms with Crippen LogP contribution in [0.2, 0.25) is 10.0 Å². The lowest BCUT2D eigenvalue weighted by Gasteiger charge is -2.18. The Kier molecular flexibility index (Phi) is 6.08. The van der Waals surface area contributed by atoms with Crippen LogP contribution in [0.25, 0.3) is 0 Å². The lowest BCUT2D eigenvalue weighted by Crippen LogP contribution is -2.32. The number of fused-ring (bicyclic) bond motifs is 1. The molecular formula is C21H20Cl2O4. The van der Waals surface area contributed by atoms with Crippen molar-refractivity contribution in [2.45, 2.75) is 45.3 Å². The zero-order valence-corrected chi connectivity index (χ0v) is 16.6. The summed E-state index contributed by atoms with van der Waals surface area (Å²) in [5.74, 6) is -0.541. The predicted molar refractivity (Wildman–Crippen MR) is 105 cm³/mol. The third kappa shape index (κ3) is 4.63. The molecule has 0 bridgehead atoms. The molecule has 2 aromatic rings. The second-order valence-electron chi connectivity index (χ2n) is 6.62. The summed E-state index contributed by atoms with van der Waals surface area (Å²) < 4.78 is 10.8. The summed E-state index contributed by atoms with van der Waals surface area (Å²) in [5, 5.41) is 0.764. The number of ether oxygens (including phenoxy) is 2. The van der Waals surface area contributed by atoms with Crippen molar-refractivity contribution in [1.29, 1.82) is 0 Å². The first kappa shape index (κ1) is 19.7. The molecule has 0 spiro atoms. The number of hydrogen-bond donors (Lipinski definition) is 0. The SMILES string of the molecule is C[C@H](OC(=O)[C@@H](C)Oc1ccc(Cl)cc1Cl)C(=O)c1ccc2c(c1)CCC2. The van der Waals surface area contributed by atoms with E-state index in [-0.39, 0.29) is 5.78 Å². The molecule has 0 aromatic heterocycles. The molecule has 0 N–H and O–H groups in total. The largest absolute Gasteiger partial charge is 0.477 e. The van der Waals surface area contributed by atoms with E-state index in [2.05, 4.69) is 0 Å². The van der Waals surface area contributed by atoms with Gasteiger partial charge in [0.2, 0.25) is 5.78 Å². The highest BCUT2D eigenvalue weighted by Crippen LogP contribution is 2.28. The Hall–Kier alpha value is -2.04. The van der Waals surface area contributed by atoms with Crippen LogP contribution in [0, 0.1) is 0 Å². The van der Waals surface area contributed by atoms with Crippen molar-refractivity contribution in [3.05, 3.63) is 63.1 Å². The van der Waals surface area contributed by atoms with Gasteiger partial charge >= 0.3 is 5.97 Å². The van der Waals surface area contributed by atoms with Crippen LogP contribution in [0.3, 0.4) is 0 Å². The van der Waals surface area contributed by atoms with Gasteiger partial charge in [0, 0.05) is 10.6 Å². The lowest BCUT2D eigenvalue weighted by atomic mass is 10.0. The normalized spacial score (nSPS) is 15.0. The first-order chi connectivity index (χ1) is 12.8. The highest BCUT2D eigenvalue weighted by molar-refractivity contribution is 6.35. The Morgan fingerprint density at radius 1 is 0.963 bits per heavy atom. The van der Waals surface area contributed by atoms with Crippen LogP contribution in [0.1, 0.15) is 41.8 Å². The van der Waals surface area contributed by atoms with Crippen LogP contribution in [-0.2, 0) is 22.4 Å². The average molecular weight is 407 g/mol. The van der Waals surface area contributed by atoms with Gasteiger partial charge in [-0.1, -0.05) is 35.3 Å². The third-order valence-corrected chi connectivity index (χ3v) is 5.11. The molecule has 3 rings (SSSR count). The minimum Gasteiger partial charge on any atom is -0.477 e. The molecule has 142 valence electrons. The molecule has 2 aromatic carbocycles. The zero-order valence-electron chi connectivity index (χ0n) is 15.1. The molecule has 2 atom stereocenters. The smallest absolute Gasteiger partial charge is 0.347 e. The first-order valence-electron chi connectivity index (χ1n) is 8.83. The summed E-state index contributed by atoms with van der Waals surface area (Å²) in [6.07, 6.45) is 1.33. The maximum absolute atomic E-state index is 12.6. The van der Waals surface area contributed by atoms with Crippen molar-refractivity contribution in [1.82, 2.24) is 0 Å². The van der Waals surface area contributed by atoms with Gasteiger partial charge in [0.05, 0.1) is 5.02 Å². The molecule has 0 amide bonds. The van der Waals surface area contributed by atoms with Gasteiger partial charge in [0.25, 0.3) is 0 Å². The van der Waals surface area contributed by atoms with Crippen molar-refractivity contribution in [3.8, 4) is 5.75 Å². The number of ketones is 1. The molecule has 0 aliphatic heterocycles. The summed E-state index contributed by atoms with van der Waals surface area (Å²) in [5.41, 5.74) is 3.05. The van der Waals surface area contributed by atoms with E-state index >= 15 is 0 Å². The number of benzene rings is 2. The van der Waals surface area contributed by atoms with E-state index in [1.54, 1.807) is 32.0 Å². The molecule has 6 heteroatoms. The fourth-order valence-electron chi connectivity index (χ4n) is 3.09. The molecule has 27 heavy (non-hydrogen) atoms. The Labute approximate surface area is 168 Å². The van der Waals surface area contributed by atoms with E-state index in [1.807, 2.05) is 12.1 Å². The molecule has 0 saturated carbocycles. The molecular weight excluding hydrogens is 387 g/mol. The second-order valence-corrected chi connectivity index (χ2v) is 7.46. The summed E-state index contributed by atoms with van der Waals surface area (Å²) in [6, 6.07) is 10.4. The molecule has 0 fully saturated rings. The Balaban J connectivity index is 1.61. The molecule has 0 radical (unpaired) electrons. The zero-order chi connectivity index (χ0) is 19.6. The molecule has 1 aliphatic carbocycles. The standard InChI is InChI=1S/C21H20Cl2O4/c1-12(20(24)16-7-6-14-4-3-5-15(14)10-16)27-21(25)13(2)26-19-9-8-17(22)11-18(19)23/h6-13H,3-5H2,1-2H3/t12-,13+/m0/s1. The molecule has 0 heterocycles. The highest BCUT2D eigenvalue weighted by atomic mass is 35.5. The van der Waals surface area contributed by atoms with E-state index in [4.69, 9.17) is 32.7 Å². The van der Waals surface area contributed by atoms with E-state index in [9.17, 15) is 9.59 Å². The monoisotopic (exact) mass is 406 g/mol. The number of Topliss-reactive ketones (excluding diaryl/α,β-unsaturated/α-hetero) is 1. The van der Waals surface area contributed by atoms with Crippen molar-refractivity contribution in [2.75, 3.05) is 0 Å². The predicted octanol–water partition coefficient (Wildman–Crippen LogP) is 5.06. The first-order valence-corrected chi connectivity index (χ1v) is 9.59. The number of rotatable bonds is 6. The van der Waals surface area contributed by atoms with E-state index in [0.29, 0.717) is 21.4 Å². The van der Waals surface area contributed by atoms with Crippen LogP contribution in [0.4, 0.5) is 0 Å². The lowest BCUT2D eigenvalue weighted by molar-refractivity contribution is -0.153. The van der Waals surface area contributed by atoms with Gasteiger partial charge in [-0.05, 0) is 68.5 Å². The molecule has 0 saturated heterocycles. The van der Waals surface area contributed by atoms with Crippen molar-refractivity contribution in [3.63, 3.8) is 0 Å². The van der Waals surface area contributed by atoms with Crippen LogP contribution >= 0.6 is 23.2 Å². The Morgan fingerprint density at radius 3 is 2.44 bits per heavy atom. The average Bonchev–Trinajstić information content (AvgIpc) is 3.10. The minimum absolute atomic E-state index is 0.227. The Bertz CT molecular complexity index is 878. The minimum atomic E-state index is -0.918.